The van der Waals surface area contributed by atoms with Crippen LogP contribution in [0, 0.1) is 5.92 Å². The minimum atomic E-state index is 0.142. The molecule has 0 aliphatic carbocycles. The normalized spacial score (nSPS) is 27.2. The van der Waals surface area contributed by atoms with E-state index in [0.29, 0.717) is 12.0 Å². The average Bonchev–Trinajstić information content (AvgIpc) is 2.50. The Morgan fingerprint density at radius 2 is 2.15 bits per heavy atom. The number of hydrogen-bond acceptors (Lipinski definition) is 4. The smallest absolute Gasteiger partial charge is 0.0724 e. The van der Waals surface area contributed by atoms with E-state index in [2.05, 4.69) is 35.9 Å². The van der Waals surface area contributed by atoms with Gasteiger partial charge in [0.1, 0.15) is 0 Å². The Morgan fingerprint density at radius 1 is 1.45 bits per heavy atom. The van der Waals surface area contributed by atoms with Gasteiger partial charge in [-0.25, -0.2) is 0 Å². The van der Waals surface area contributed by atoms with Gasteiger partial charge in [0.05, 0.1) is 12.1 Å². The summed E-state index contributed by atoms with van der Waals surface area (Å²) < 4.78 is 5.64. The maximum atomic E-state index is 6.40. The van der Waals surface area contributed by atoms with E-state index in [-0.39, 0.29) is 12.1 Å². The summed E-state index contributed by atoms with van der Waals surface area (Å²) in [4.78, 5) is 6.60. The van der Waals surface area contributed by atoms with Crippen LogP contribution in [0.5, 0.6) is 0 Å². The minimum absolute atomic E-state index is 0.142. The predicted molar refractivity (Wildman–Crippen MR) is 81.4 cm³/mol. The summed E-state index contributed by atoms with van der Waals surface area (Å²) in [5.74, 6) is 0.618. The Hall–Kier alpha value is -0.970. The summed E-state index contributed by atoms with van der Waals surface area (Å²) in [6.45, 7) is 6.46. The number of ether oxygens (including phenoxy) is 1. The number of methoxy groups -OCH3 is 1. The first-order chi connectivity index (χ1) is 9.67. The largest absolute Gasteiger partial charge is 0.380 e. The number of piperidine rings is 1. The van der Waals surface area contributed by atoms with E-state index in [1.807, 2.05) is 19.5 Å². The molecular weight excluding hydrogens is 250 g/mol. The Kier molecular flexibility index (Phi) is 5.52. The van der Waals surface area contributed by atoms with Crippen molar-refractivity contribution in [3.05, 3.63) is 30.1 Å². The van der Waals surface area contributed by atoms with E-state index in [1.165, 1.54) is 5.56 Å². The first-order valence-corrected chi connectivity index (χ1v) is 7.59. The van der Waals surface area contributed by atoms with Crippen molar-refractivity contribution in [2.75, 3.05) is 20.2 Å². The molecule has 0 aromatic carbocycles. The molecule has 0 amide bonds. The number of nitrogens with zero attached hydrogens (tertiary/aromatic N) is 2. The molecule has 0 saturated carbocycles. The van der Waals surface area contributed by atoms with Gasteiger partial charge in [-0.2, -0.15) is 0 Å². The number of likely N-dealkylation sites (tertiary alicyclic amines) is 1. The van der Waals surface area contributed by atoms with Gasteiger partial charge in [-0.3, -0.25) is 9.88 Å². The number of pyridine rings is 1. The van der Waals surface area contributed by atoms with Gasteiger partial charge < -0.3 is 10.5 Å². The van der Waals surface area contributed by atoms with Crippen molar-refractivity contribution >= 4 is 0 Å². The van der Waals surface area contributed by atoms with Crippen molar-refractivity contribution in [3.8, 4) is 0 Å². The summed E-state index contributed by atoms with van der Waals surface area (Å²) in [6, 6.07) is 4.57. The molecule has 4 unspecified atom stereocenters. The number of rotatable bonds is 5. The van der Waals surface area contributed by atoms with Gasteiger partial charge in [0.25, 0.3) is 0 Å². The Balaban J connectivity index is 2.19. The van der Waals surface area contributed by atoms with E-state index in [4.69, 9.17) is 10.5 Å². The van der Waals surface area contributed by atoms with Gasteiger partial charge in [0, 0.05) is 32.1 Å². The number of hydrogen-bond donors (Lipinski definition) is 1. The molecule has 20 heavy (non-hydrogen) atoms. The molecular formula is C16H27N3O. The maximum Gasteiger partial charge on any atom is 0.0724 e. The summed E-state index contributed by atoms with van der Waals surface area (Å²) in [5, 5.41) is 0. The van der Waals surface area contributed by atoms with Crippen LogP contribution in [0.1, 0.15) is 38.3 Å². The van der Waals surface area contributed by atoms with E-state index >= 15 is 0 Å². The molecule has 2 rings (SSSR count). The molecule has 0 spiro atoms. The third-order valence-electron chi connectivity index (χ3n) is 4.54. The fourth-order valence-corrected chi connectivity index (χ4v) is 3.13. The molecule has 4 atom stereocenters. The predicted octanol–water partition coefficient (Wildman–Crippen LogP) is 2.22. The van der Waals surface area contributed by atoms with E-state index < -0.39 is 0 Å². The first-order valence-electron chi connectivity index (χ1n) is 7.59. The zero-order valence-corrected chi connectivity index (χ0v) is 12.8. The lowest BCUT2D eigenvalue weighted by Gasteiger charge is -2.42. The second-order valence-corrected chi connectivity index (χ2v) is 5.83. The summed E-state index contributed by atoms with van der Waals surface area (Å²) in [5.41, 5.74) is 7.66. The number of nitrogens with two attached hydrogens (primary N) is 1. The van der Waals surface area contributed by atoms with Crippen LogP contribution in [0.3, 0.4) is 0 Å². The SMILES string of the molecule is CCC(N)C(c1ccncc1)N1CCC(C)C(OC)C1. The standard InChI is InChI=1S/C16H27N3O/c1-4-14(17)16(13-5-8-18-9-6-13)19-10-7-12(2)15(11-19)20-3/h5-6,8-9,12,14-16H,4,7,10-11,17H2,1-3H3. The highest BCUT2D eigenvalue weighted by Crippen LogP contribution is 2.30. The summed E-state index contributed by atoms with van der Waals surface area (Å²) in [7, 11) is 1.81. The van der Waals surface area contributed by atoms with Gasteiger partial charge in [-0.15, -0.1) is 0 Å². The van der Waals surface area contributed by atoms with Crippen molar-refractivity contribution in [2.24, 2.45) is 11.7 Å². The van der Waals surface area contributed by atoms with Crippen molar-refractivity contribution in [1.29, 1.82) is 0 Å². The molecule has 2 N–H and O–H groups in total. The van der Waals surface area contributed by atoms with Crippen LogP contribution in [0.15, 0.2) is 24.5 Å². The topological polar surface area (TPSA) is 51.4 Å². The highest BCUT2D eigenvalue weighted by atomic mass is 16.5. The molecule has 0 bridgehead atoms. The Bertz CT molecular complexity index is 398. The fourth-order valence-electron chi connectivity index (χ4n) is 3.13. The van der Waals surface area contributed by atoms with Gasteiger partial charge >= 0.3 is 0 Å². The first kappa shape index (κ1) is 15.4. The van der Waals surface area contributed by atoms with Crippen LogP contribution < -0.4 is 5.73 Å². The lowest BCUT2D eigenvalue weighted by molar-refractivity contribution is -0.0234. The van der Waals surface area contributed by atoms with Crippen LogP contribution >= 0.6 is 0 Å². The molecule has 1 aliphatic rings. The molecule has 1 aromatic rings. The molecule has 112 valence electrons. The molecule has 1 aliphatic heterocycles. The van der Waals surface area contributed by atoms with Crippen molar-refractivity contribution in [3.63, 3.8) is 0 Å². The molecule has 1 fully saturated rings. The quantitative estimate of drug-likeness (QED) is 0.896. The number of aromatic nitrogens is 1. The molecule has 1 saturated heterocycles. The van der Waals surface area contributed by atoms with Gasteiger partial charge in [0.2, 0.25) is 0 Å². The third-order valence-corrected chi connectivity index (χ3v) is 4.54. The average molecular weight is 277 g/mol. The second-order valence-electron chi connectivity index (χ2n) is 5.83. The zero-order valence-electron chi connectivity index (χ0n) is 12.8. The molecule has 0 radical (unpaired) electrons. The molecule has 4 nitrogen and oxygen atoms in total. The van der Waals surface area contributed by atoms with E-state index in [1.54, 1.807) is 0 Å². The van der Waals surface area contributed by atoms with E-state index in [9.17, 15) is 0 Å². The van der Waals surface area contributed by atoms with Crippen molar-refractivity contribution in [1.82, 2.24) is 9.88 Å². The van der Waals surface area contributed by atoms with E-state index in [0.717, 1.165) is 25.9 Å². The van der Waals surface area contributed by atoms with Crippen LogP contribution in [-0.4, -0.2) is 42.2 Å². The van der Waals surface area contributed by atoms with Gasteiger partial charge in [-0.1, -0.05) is 13.8 Å². The van der Waals surface area contributed by atoms with Crippen LogP contribution in [0.25, 0.3) is 0 Å². The van der Waals surface area contributed by atoms with Crippen molar-refractivity contribution < 1.29 is 4.74 Å². The van der Waals surface area contributed by atoms with Crippen LogP contribution in [0.4, 0.5) is 0 Å². The fraction of sp³-hybridized carbons (Fsp3) is 0.688. The Morgan fingerprint density at radius 3 is 2.75 bits per heavy atom. The molecule has 4 heteroatoms. The lowest BCUT2D eigenvalue weighted by atomic mass is 9.90. The van der Waals surface area contributed by atoms with Gasteiger partial charge in [-0.05, 0) is 43.0 Å². The summed E-state index contributed by atoms with van der Waals surface area (Å²) in [6.07, 6.45) is 6.14. The third kappa shape index (κ3) is 3.37. The van der Waals surface area contributed by atoms with Crippen LogP contribution in [-0.2, 0) is 4.74 Å². The van der Waals surface area contributed by atoms with Crippen molar-refractivity contribution in [2.45, 2.75) is 44.9 Å². The highest BCUT2D eigenvalue weighted by Gasteiger charge is 2.33. The molecule has 2 heterocycles. The van der Waals surface area contributed by atoms with Gasteiger partial charge in [0.15, 0.2) is 0 Å². The van der Waals surface area contributed by atoms with Crippen LogP contribution in [0.2, 0.25) is 0 Å². The highest BCUT2D eigenvalue weighted by molar-refractivity contribution is 5.18. The Labute approximate surface area is 122 Å². The second kappa shape index (κ2) is 7.16. The lowest BCUT2D eigenvalue weighted by Crippen LogP contribution is -2.49. The maximum absolute atomic E-state index is 6.40. The minimum Gasteiger partial charge on any atom is -0.380 e. The molecule has 1 aromatic heterocycles. The summed E-state index contributed by atoms with van der Waals surface area (Å²) >= 11 is 0. The zero-order chi connectivity index (χ0) is 14.5. The monoisotopic (exact) mass is 277 g/mol.